The van der Waals surface area contributed by atoms with E-state index in [4.69, 9.17) is 11.5 Å². The van der Waals surface area contributed by atoms with Gasteiger partial charge in [-0.1, -0.05) is 26.7 Å². The van der Waals surface area contributed by atoms with Crippen LogP contribution in [0.25, 0.3) is 11.9 Å². The molecular formula is C25H29N17O5. The Morgan fingerprint density at radius 3 is 1.55 bits per heavy atom. The van der Waals surface area contributed by atoms with Crippen molar-refractivity contribution in [2.24, 2.45) is 20.5 Å². The fourth-order valence-electron chi connectivity index (χ4n) is 4.25. The molecule has 22 nitrogen and oxygen atoms in total. The van der Waals surface area contributed by atoms with Crippen LogP contribution in [0.3, 0.4) is 0 Å². The molecule has 0 bridgehead atoms. The Morgan fingerprint density at radius 1 is 0.745 bits per heavy atom. The lowest BCUT2D eigenvalue weighted by atomic mass is 10.2. The van der Waals surface area contributed by atoms with Crippen molar-refractivity contribution in [3.8, 4) is 17.9 Å². The van der Waals surface area contributed by atoms with Crippen molar-refractivity contribution in [2.75, 3.05) is 11.5 Å². The second-order valence-corrected chi connectivity index (χ2v) is 9.90. The summed E-state index contributed by atoms with van der Waals surface area (Å²) in [6.45, 7) is 3.97. The van der Waals surface area contributed by atoms with E-state index < -0.39 is 17.9 Å². The summed E-state index contributed by atoms with van der Waals surface area (Å²) in [4.78, 5) is 35.3. The third-order valence-electron chi connectivity index (χ3n) is 6.64. The minimum absolute atomic E-state index is 0.0619. The zero-order valence-electron chi connectivity index (χ0n) is 25.0. The van der Waals surface area contributed by atoms with Gasteiger partial charge in [-0.2, -0.15) is 44.7 Å². The molecule has 0 unspecified atom stereocenters. The van der Waals surface area contributed by atoms with E-state index in [1.807, 2.05) is 13.8 Å². The van der Waals surface area contributed by atoms with Gasteiger partial charge in [0.05, 0.1) is 23.8 Å². The lowest BCUT2D eigenvalue weighted by molar-refractivity contribution is 0.0687. The first-order valence-electron chi connectivity index (χ1n) is 14.2. The standard InChI is InChI=1S/C25H29N17O5/c1-3-5-7-13-15(33-37-19-11(21(43)44)9-28-35-19)17(26)41(39-13)23-30-24(32-25(47)31-23)42-18(27)16(14(40-42)8-6-4-2)34-38-20-12(22(45)46)10-29-36-20/h9-10H,3-8,26-27H2,1-2H3,(H,28,35)(H,29,36)(H,43,44)(H,45,46)(H,30,31,32,47)/b37-33+,38-34+. The summed E-state index contributed by atoms with van der Waals surface area (Å²) < 4.78 is 2.25. The highest BCUT2D eigenvalue weighted by Crippen LogP contribution is 2.34. The Hall–Kier alpha value is -6.61. The summed E-state index contributed by atoms with van der Waals surface area (Å²) in [6.07, 6.45) is 6.13. The monoisotopic (exact) mass is 647 g/mol. The first-order valence-corrected chi connectivity index (χ1v) is 14.2. The SMILES string of the molecule is CCCCc1nn(-c2nc(O)nc(-n3nc(CCCC)c(/N=N/c4[nH]ncc4C(=O)O)c3N)n2)c(N)c1/N=N/c1[nH]ncc1C(=O)O. The number of nitrogens with one attached hydrogen (secondary N) is 2. The number of carboxylic acids is 2. The summed E-state index contributed by atoms with van der Waals surface area (Å²) in [7, 11) is 0. The first kappa shape index (κ1) is 31.8. The van der Waals surface area contributed by atoms with Crippen LogP contribution in [0.1, 0.15) is 71.6 Å². The van der Waals surface area contributed by atoms with Crippen LogP contribution >= 0.6 is 0 Å². The van der Waals surface area contributed by atoms with Gasteiger partial charge in [0.25, 0.3) is 11.9 Å². The van der Waals surface area contributed by atoms with Gasteiger partial charge in [0, 0.05) is 0 Å². The number of anilines is 2. The van der Waals surface area contributed by atoms with Crippen molar-refractivity contribution >= 4 is 46.6 Å². The zero-order valence-corrected chi connectivity index (χ0v) is 25.0. The van der Waals surface area contributed by atoms with E-state index in [2.05, 4.69) is 66.0 Å². The maximum Gasteiger partial charge on any atom is 0.341 e. The highest BCUT2D eigenvalue weighted by molar-refractivity contribution is 5.92. The lowest BCUT2D eigenvalue weighted by Crippen LogP contribution is -2.13. The molecule has 0 aromatic carbocycles. The van der Waals surface area contributed by atoms with Crippen LogP contribution in [0.4, 0.5) is 34.6 Å². The summed E-state index contributed by atoms with van der Waals surface area (Å²) in [5.41, 5.74) is 13.5. The Morgan fingerprint density at radius 2 is 1.17 bits per heavy atom. The molecule has 0 radical (unpaired) electrons. The number of aromatic nitrogens is 11. The topological polar surface area (TPSA) is 328 Å². The van der Waals surface area contributed by atoms with Crippen LogP contribution in [0.2, 0.25) is 0 Å². The number of carbonyl (C=O) groups is 2. The molecule has 0 amide bonds. The van der Waals surface area contributed by atoms with E-state index in [9.17, 15) is 24.9 Å². The Balaban J connectivity index is 1.57. The Bertz CT molecular complexity index is 1850. The van der Waals surface area contributed by atoms with E-state index in [1.165, 1.54) is 0 Å². The molecule has 0 atom stereocenters. The third-order valence-corrected chi connectivity index (χ3v) is 6.64. The Labute approximate surface area is 263 Å². The van der Waals surface area contributed by atoms with Crippen molar-refractivity contribution in [3.05, 3.63) is 34.9 Å². The maximum atomic E-state index is 11.5. The molecule has 47 heavy (non-hydrogen) atoms. The number of nitrogen functional groups attached to an aromatic ring is 2. The molecule has 0 saturated heterocycles. The van der Waals surface area contributed by atoms with Gasteiger partial charge in [-0.05, 0) is 25.7 Å². The summed E-state index contributed by atoms with van der Waals surface area (Å²) in [6, 6.07) is -0.710. The number of nitrogens with two attached hydrogens (primary N) is 2. The minimum atomic E-state index is -1.25. The van der Waals surface area contributed by atoms with Gasteiger partial charge in [0.15, 0.2) is 34.6 Å². The molecule has 0 saturated carbocycles. The highest BCUT2D eigenvalue weighted by atomic mass is 16.4. The zero-order chi connectivity index (χ0) is 33.7. The van der Waals surface area contributed by atoms with Gasteiger partial charge in [-0.3, -0.25) is 10.2 Å². The fraction of sp³-hybridized carbons (Fsp3) is 0.320. The number of aromatic hydroxyl groups is 1. The van der Waals surface area contributed by atoms with Crippen molar-refractivity contribution in [3.63, 3.8) is 0 Å². The van der Waals surface area contributed by atoms with Gasteiger partial charge in [-0.25, -0.2) is 9.59 Å². The number of aryl methyl sites for hydroxylation is 2. The number of rotatable bonds is 14. The third kappa shape index (κ3) is 6.59. The molecule has 5 aromatic rings. The van der Waals surface area contributed by atoms with Crippen LogP contribution in [0, 0.1) is 0 Å². The number of unbranched alkanes of at least 4 members (excludes halogenated alkanes) is 2. The van der Waals surface area contributed by atoms with E-state index in [0.29, 0.717) is 37.1 Å². The predicted molar refractivity (Wildman–Crippen MR) is 161 cm³/mol. The quantitative estimate of drug-likeness (QED) is 0.0848. The van der Waals surface area contributed by atoms with Gasteiger partial charge in [0.2, 0.25) is 0 Å². The number of H-pyrrole nitrogens is 2. The maximum absolute atomic E-state index is 11.5. The predicted octanol–water partition coefficient (Wildman–Crippen LogP) is 3.47. The van der Waals surface area contributed by atoms with Gasteiger partial charge in [-0.15, -0.1) is 20.5 Å². The van der Waals surface area contributed by atoms with Crippen LogP contribution in [-0.4, -0.2) is 82.2 Å². The van der Waals surface area contributed by atoms with Crippen LogP contribution in [0.15, 0.2) is 32.9 Å². The summed E-state index contributed by atoms with van der Waals surface area (Å²) >= 11 is 0. The minimum Gasteiger partial charge on any atom is -0.479 e. The van der Waals surface area contributed by atoms with Crippen molar-refractivity contribution in [2.45, 2.75) is 52.4 Å². The molecule has 22 heteroatoms. The molecule has 5 rings (SSSR count). The molecule has 9 N–H and O–H groups in total. The average molecular weight is 648 g/mol. The van der Waals surface area contributed by atoms with E-state index in [0.717, 1.165) is 34.6 Å². The Kier molecular flexibility index (Phi) is 9.19. The molecule has 0 fully saturated rings. The number of azo groups is 2. The average Bonchev–Trinajstić information content (AvgIpc) is 3.83. The first-order chi connectivity index (χ1) is 22.6. The molecule has 5 heterocycles. The fourth-order valence-corrected chi connectivity index (χ4v) is 4.25. The lowest BCUT2D eigenvalue weighted by Gasteiger charge is -2.06. The molecular weight excluding hydrogens is 618 g/mol. The van der Waals surface area contributed by atoms with Crippen LogP contribution in [-0.2, 0) is 12.8 Å². The van der Waals surface area contributed by atoms with Crippen LogP contribution in [0.5, 0.6) is 6.01 Å². The summed E-state index contributed by atoms with van der Waals surface area (Å²) in [5.74, 6) is -3.24. The molecule has 0 aliphatic heterocycles. The van der Waals surface area contributed by atoms with Gasteiger partial charge >= 0.3 is 17.9 Å². The van der Waals surface area contributed by atoms with E-state index in [-0.39, 0.29) is 57.7 Å². The van der Waals surface area contributed by atoms with Gasteiger partial charge < -0.3 is 26.8 Å². The van der Waals surface area contributed by atoms with Crippen molar-refractivity contribution < 1.29 is 24.9 Å². The molecule has 0 aliphatic carbocycles. The second-order valence-electron chi connectivity index (χ2n) is 9.90. The smallest absolute Gasteiger partial charge is 0.341 e. The van der Waals surface area contributed by atoms with Crippen LogP contribution < -0.4 is 11.5 Å². The highest BCUT2D eigenvalue weighted by Gasteiger charge is 2.24. The summed E-state index contributed by atoms with van der Waals surface area (Å²) in [5, 5.41) is 66.8. The number of hydrogen-bond acceptors (Lipinski definition) is 16. The molecule has 5 aromatic heterocycles. The molecule has 0 aliphatic rings. The second kappa shape index (κ2) is 13.6. The van der Waals surface area contributed by atoms with E-state index in [1.54, 1.807) is 0 Å². The molecule has 244 valence electrons. The van der Waals surface area contributed by atoms with Crippen molar-refractivity contribution in [1.82, 2.24) is 54.9 Å². The number of carboxylic acid groups (broad SMARTS) is 2. The van der Waals surface area contributed by atoms with Gasteiger partial charge in [0.1, 0.15) is 11.1 Å². The van der Waals surface area contributed by atoms with Crippen molar-refractivity contribution in [1.29, 1.82) is 0 Å². The van der Waals surface area contributed by atoms with E-state index >= 15 is 0 Å². The number of aromatic carboxylic acids is 2. The largest absolute Gasteiger partial charge is 0.479 e. The number of nitrogens with zero attached hydrogens (tertiary/aromatic N) is 13. The normalized spacial score (nSPS) is 11.7. The number of hydrogen-bond donors (Lipinski definition) is 7. The number of aromatic amines is 2. The molecule has 0 spiro atoms.